The maximum Gasteiger partial charge on any atom is 0.227 e. The molecule has 4 nitrogen and oxygen atoms in total. The summed E-state index contributed by atoms with van der Waals surface area (Å²) in [6.45, 7) is 11.3. The Bertz CT molecular complexity index is 377. The van der Waals surface area contributed by atoms with Crippen LogP contribution in [-0.4, -0.2) is 29.6 Å². The van der Waals surface area contributed by atoms with Gasteiger partial charge >= 0.3 is 0 Å². The van der Waals surface area contributed by atoms with Gasteiger partial charge < -0.3 is 10.2 Å². The second-order valence-corrected chi connectivity index (χ2v) is 4.88. The third-order valence-corrected chi connectivity index (χ3v) is 3.66. The van der Waals surface area contributed by atoms with Crippen molar-refractivity contribution in [2.24, 2.45) is 0 Å². The van der Waals surface area contributed by atoms with Gasteiger partial charge in [-0.3, -0.25) is 0 Å². The van der Waals surface area contributed by atoms with Crippen molar-refractivity contribution >= 4 is 27.7 Å². The fraction of sp³-hybridized carbons (Fsp3) is 0.692. The molecule has 0 aliphatic heterocycles. The maximum atomic E-state index is 4.63. The summed E-state index contributed by atoms with van der Waals surface area (Å²) >= 11 is 3.59. The standard InChI is InChI=1S/C13H23BrN4/c1-5-9-15-12-11(14)10(6-2)16-13(17-12)18(7-3)8-4/h5-9H2,1-4H3,(H,15,16,17). The summed E-state index contributed by atoms with van der Waals surface area (Å²) in [5.74, 6) is 1.73. The minimum Gasteiger partial charge on any atom is -0.369 e. The van der Waals surface area contributed by atoms with Crippen LogP contribution in [0.1, 0.15) is 39.8 Å². The second-order valence-electron chi connectivity index (χ2n) is 4.09. The summed E-state index contributed by atoms with van der Waals surface area (Å²) in [6.07, 6.45) is 1.98. The predicted molar refractivity (Wildman–Crippen MR) is 81.5 cm³/mol. The van der Waals surface area contributed by atoms with Crippen LogP contribution in [0.2, 0.25) is 0 Å². The van der Waals surface area contributed by atoms with Gasteiger partial charge in [-0.2, -0.15) is 4.98 Å². The number of nitrogens with zero attached hydrogens (tertiary/aromatic N) is 3. The topological polar surface area (TPSA) is 41.1 Å². The van der Waals surface area contributed by atoms with E-state index in [4.69, 9.17) is 0 Å². The zero-order valence-electron chi connectivity index (χ0n) is 11.8. The van der Waals surface area contributed by atoms with Gasteiger partial charge in [0.25, 0.3) is 0 Å². The van der Waals surface area contributed by atoms with Crippen LogP contribution >= 0.6 is 15.9 Å². The minimum absolute atomic E-state index is 0.818. The quantitative estimate of drug-likeness (QED) is 0.836. The third kappa shape index (κ3) is 3.57. The highest BCUT2D eigenvalue weighted by molar-refractivity contribution is 9.10. The van der Waals surface area contributed by atoms with Crippen LogP contribution in [0.4, 0.5) is 11.8 Å². The molecule has 1 aromatic rings. The molecule has 0 aliphatic carbocycles. The highest BCUT2D eigenvalue weighted by atomic mass is 79.9. The maximum absolute atomic E-state index is 4.63. The van der Waals surface area contributed by atoms with Crippen molar-refractivity contribution in [3.8, 4) is 0 Å². The van der Waals surface area contributed by atoms with Crippen LogP contribution in [0.5, 0.6) is 0 Å². The number of anilines is 2. The van der Waals surface area contributed by atoms with E-state index in [0.29, 0.717) is 0 Å². The molecule has 18 heavy (non-hydrogen) atoms. The summed E-state index contributed by atoms with van der Waals surface area (Å²) in [5.41, 5.74) is 1.06. The number of halogens is 1. The summed E-state index contributed by atoms with van der Waals surface area (Å²) in [4.78, 5) is 11.4. The van der Waals surface area contributed by atoms with E-state index >= 15 is 0 Å². The average Bonchev–Trinajstić information content (AvgIpc) is 2.40. The lowest BCUT2D eigenvalue weighted by molar-refractivity contribution is 0.806. The monoisotopic (exact) mass is 314 g/mol. The number of hydrogen-bond acceptors (Lipinski definition) is 4. The first-order chi connectivity index (χ1) is 8.67. The molecule has 1 N–H and O–H groups in total. The van der Waals surface area contributed by atoms with E-state index in [1.54, 1.807) is 0 Å². The third-order valence-electron chi connectivity index (χ3n) is 2.83. The van der Waals surface area contributed by atoms with Crippen molar-refractivity contribution in [3.05, 3.63) is 10.2 Å². The van der Waals surface area contributed by atoms with E-state index in [1.165, 1.54) is 0 Å². The fourth-order valence-electron chi connectivity index (χ4n) is 1.72. The van der Waals surface area contributed by atoms with Gasteiger partial charge in [0.15, 0.2) is 0 Å². The molecule has 0 aromatic carbocycles. The summed E-state index contributed by atoms with van der Waals surface area (Å²) in [7, 11) is 0. The van der Waals surface area contributed by atoms with E-state index in [2.05, 4.69) is 63.8 Å². The molecular formula is C13H23BrN4. The van der Waals surface area contributed by atoms with E-state index in [0.717, 1.165) is 54.4 Å². The Hall–Kier alpha value is -0.840. The Labute approximate surface area is 118 Å². The van der Waals surface area contributed by atoms with Crippen molar-refractivity contribution in [1.29, 1.82) is 0 Å². The van der Waals surface area contributed by atoms with E-state index in [9.17, 15) is 0 Å². The Morgan fingerprint density at radius 3 is 2.28 bits per heavy atom. The second kappa shape index (κ2) is 7.56. The molecule has 0 radical (unpaired) electrons. The van der Waals surface area contributed by atoms with Gasteiger partial charge in [0.1, 0.15) is 5.82 Å². The van der Waals surface area contributed by atoms with Crippen LogP contribution < -0.4 is 10.2 Å². The van der Waals surface area contributed by atoms with Crippen LogP contribution in [0.15, 0.2) is 4.47 Å². The Morgan fingerprint density at radius 2 is 1.78 bits per heavy atom. The van der Waals surface area contributed by atoms with E-state index in [-0.39, 0.29) is 0 Å². The lowest BCUT2D eigenvalue weighted by Gasteiger charge is -2.21. The van der Waals surface area contributed by atoms with Crippen LogP contribution in [-0.2, 0) is 6.42 Å². The first kappa shape index (κ1) is 15.2. The molecule has 0 bridgehead atoms. The highest BCUT2D eigenvalue weighted by Crippen LogP contribution is 2.26. The minimum atomic E-state index is 0.818. The fourth-order valence-corrected chi connectivity index (χ4v) is 2.32. The van der Waals surface area contributed by atoms with Gasteiger partial charge in [-0.05, 0) is 42.6 Å². The molecule has 0 amide bonds. The lowest BCUT2D eigenvalue weighted by Crippen LogP contribution is -2.25. The normalized spacial score (nSPS) is 10.5. The number of rotatable bonds is 7. The SMILES string of the molecule is CCCNc1nc(N(CC)CC)nc(CC)c1Br. The largest absolute Gasteiger partial charge is 0.369 e. The van der Waals surface area contributed by atoms with Gasteiger partial charge in [-0.1, -0.05) is 13.8 Å². The molecule has 1 heterocycles. The number of nitrogens with one attached hydrogen (secondary N) is 1. The molecule has 0 fully saturated rings. The lowest BCUT2D eigenvalue weighted by atomic mass is 10.3. The number of aryl methyl sites for hydroxylation is 1. The predicted octanol–water partition coefficient (Wildman–Crippen LogP) is 3.47. The Morgan fingerprint density at radius 1 is 1.11 bits per heavy atom. The molecule has 0 spiro atoms. The van der Waals surface area contributed by atoms with Crippen LogP contribution in [0.25, 0.3) is 0 Å². The summed E-state index contributed by atoms with van der Waals surface area (Å²) in [5, 5.41) is 3.36. The first-order valence-corrected chi connectivity index (χ1v) is 7.52. The molecular weight excluding hydrogens is 292 g/mol. The van der Waals surface area contributed by atoms with Gasteiger partial charge in [-0.15, -0.1) is 0 Å². The smallest absolute Gasteiger partial charge is 0.227 e. The molecule has 1 aromatic heterocycles. The number of aromatic nitrogens is 2. The summed E-state index contributed by atoms with van der Waals surface area (Å²) in [6, 6.07) is 0. The van der Waals surface area contributed by atoms with Gasteiger partial charge in [0, 0.05) is 19.6 Å². The number of hydrogen-bond donors (Lipinski definition) is 1. The highest BCUT2D eigenvalue weighted by Gasteiger charge is 2.13. The molecule has 0 saturated carbocycles. The molecule has 0 unspecified atom stereocenters. The average molecular weight is 315 g/mol. The molecule has 0 aliphatic rings. The first-order valence-electron chi connectivity index (χ1n) is 6.73. The van der Waals surface area contributed by atoms with Gasteiger partial charge in [0.2, 0.25) is 5.95 Å². The Kier molecular flexibility index (Phi) is 6.39. The van der Waals surface area contributed by atoms with Crippen molar-refractivity contribution in [1.82, 2.24) is 9.97 Å². The molecule has 0 saturated heterocycles. The zero-order valence-corrected chi connectivity index (χ0v) is 13.3. The van der Waals surface area contributed by atoms with Crippen molar-refractivity contribution in [3.63, 3.8) is 0 Å². The molecule has 5 heteroatoms. The molecule has 102 valence electrons. The molecule has 1 rings (SSSR count). The molecule has 0 atom stereocenters. The van der Waals surface area contributed by atoms with Gasteiger partial charge in [-0.25, -0.2) is 4.98 Å². The van der Waals surface area contributed by atoms with Gasteiger partial charge in [0.05, 0.1) is 10.2 Å². The van der Waals surface area contributed by atoms with Crippen LogP contribution in [0.3, 0.4) is 0 Å². The van der Waals surface area contributed by atoms with Crippen molar-refractivity contribution in [2.75, 3.05) is 29.9 Å². The van der Waals surface area contributed by atoms with Crippen molar-refractivity contribution in [2.45, 2.75) is 40.5 Å². The van der Waals surface area contributed by atoms with Crippen molar-refractivity contribution < 1.29 is 0 Å². The van der Waals surface area contributed by atoms with Crippen LogP contribution in [0, 0.1) is 0 Å². The van der Waals surface area contributed by atoms with E-state index in [1.807, 2.05) is 0 Å². The Balaban J connectivity index is 3.12. The van der Waals surface area contributed by atoms with E-state index < -0.39 is 0 Å². The summed E-state index contributed by atoms with van der Waals surface area (Å²) < 4.78 is 0.995. The zero-order chi connectivity index (χ0) is 13.5.